The highest BCUT2D eigenvalue weighted by Gasteiger charge is 2.69. The first-order valence-corrected chi connectivity index (χ1v) is 21.0. The summed E-state index contributed by atoms with van der Waals surface area (Å²) in [5.74, 6) is -5.42. The zero-order chi connectivity index (χ0) is 82.3. The number of hydrogen-bond donors (Lipinski definition) is 0. The molecule has 654 valence electrons. The molecule has 0 aliphatic carbocycles. The average Bonchev–Trinajstić information content (AvgIpc) is 0.812. The number of halogens is 48. The van der Waals surface area contributed by atoms with Gasteiger partial charge in [-0.25, -0.2) is 76.4 Å². The van der Waals surface area contributed by atoms with Crippen LogP contribution in [0.15, 0.2) is 0 Å². The van der Waals surface area contributed by atoms with Crippen LogP contribution in [0.3, 0.4) is 0 Å². The summed E-state index contributed by atoms with van der Waals surface area (Å²) in [5.41, 5.74) is 0. The highest BCUT2D eigenvalue weighted by atomic mass is 19.4. The van der Waals surface area contributed by atoms with Gasteiger partial charge in [-0.1, -0.05) is 44.6 Å². The number of alkyl halides is 48. The Morgan fingerprint density at radius 2 is 0.307 bits per heavy atom. The Balaban J connectivity index is -0.0000000304. The van der Waals surface area contributed by atoms with E-state index in [1.165, 1.54) is 20.8 Å². The van der Waals surface area contributed by atoms with Gasteiger partial charge in [-0.05, 0) is 20.8 Å². The van der Waals surface area contributed by atoms with Crippen LogP contribution in [0.2, 0.25) is 0 Å². The normalized spacial score (nSPS) is 10.2. The fourth-order valence-electron chi connectivity index (χ4n) is 1.64. The lowest BCUT2D eigenvalue weighted by Gasteiger charge is -2.29. The third kappa shape index (κ3) is 126. The molecule has 0 radical (unpaired) electrons. The Hall–Kier alpha value is -3.68. The van der Waals surface area contributed by atoms with Crippen molar-refractivity contribution < 1.29 is 249 Å². The van der Waals surface area contributed by atoms with Crippen LogP contribution in [0.5, 0.6) is 0 Å². The standard InChI is InChI=1S/2C6H4F10O2.C5H4F8O.C3H4F4O.2C2H4F2O.3C2H5F.9CH3F.6CH4/c2*7-1-3(9,10)17-5(13,14)6(15,16)18-4(11,12)2-8;6-1-3(8,9)5(12,13)14-4(10,11)2-7;4-1-3(6,7)8-2-5;2*3-1-5-2-4;3*1-2-3;9*1-2;;;;;;/h2*1-2H2;1-2H2;1-2H2;2*1-2H2;3*2H2,1H3;9*1H3;6*1H4. The molecule has 0 bridgehead atoms. The van der Waals surface area contributed by atoms with Crippen molar-refractivity contribution in [2.24, 2.45) is 0 Å². The first-order chi connectivity index (χ1) is 43.3. The van der Waals surface area contributed by atoms with Crippen molar-refractivity contribution in [2.45, 2.75) is 138 Å². The van der Waals surface area contributed by atoms with Crippen LogP contribution in [0, 0.1) is 0 Å². The van der Waals surface area contributed by atoms with Gasteiger partial charge in [0, 0.05) is 0 Å². The third-order valence-electron chi connectivity index (χ3n) is 4.17. The third-order valence-corrected chi connectivity index (χ3v) is 4.17. The fourth-order valence-corrected chi connectivity index (χ4v) is 1.64. The molecule has 0 atom stereocenters. The molecule has 101 heavy (non-hydrogen) atoms. The van der Waals surface area contributed by atoms with Crippen LogP contribution in [-0.2, 0) is 37.9 Å². The van der Waals surface area contributed by atoms with Gasteiger partial charge in [-0.2, -0.15) is 105 Å². The summed E-state index contributed by atoms with van der Waals surface area (Å²) in [7, 11) is 4.50. The molecule has 0 spiro atoms. The molecule has 0 saturated heterocycles. The topological polar surface area (TPSA) is 73.8 Å². The largest absolute Gasteiger partial charge is 0.453 e. The molecule has 0 rings (SSSR count). The van der Waals surface area contributed by atoms with Gasteiger partial charge in [0.15, 0.2) is 81.0 Å². The molecule has 0 aromatic carbocycles. The molecule has 0 saturated carbocycles. The molecule has 0 N–H and O–H groups in total. The minimum Gasteiger partial charge on any atom is -0.319 e. The molecule has 0 aliphatic heterocycles. The smallest absolute Gasteiger partial charge is 0.319 e. The summed E-state index contributed by atoms with van der Waals surface area (Å²) in [5, 5.41) is 0. The van der Waals surface area contributed by atoms with E-state index in [1.54, 1.807) is 0 Å². The van der Waals surface area contributed by atoms with E-state index >= 15 is 0 Å². The van der Waals surface area contributed by atoms with Crippen molar-refractivity contribution in [3.8, 4) is 0 Å². The minimum absolute atomic E-state index is 0. The second kappa shape index (κ2) is 105. The Morgan fingerprint density at radius 1 is 0.188 bits per heavy atom. The predicted octanol–water partition coefficient (Wildman–Crippen LogP) is 24.6. The Bertz CT molecular complexity index is 1210. The second-order valence-electron chi connectivity index (χ2n) is 10.5. The van der Waals surface area contributed by atoms with Crippen LogP contribution in [0.4, 0.5) is 211 Å². The SMILES string of the molecule is C.C.C.C.C.C.CCF.CCF.CCF.CF.CF.CF.CF.CF.CF.CF.CF.CF.FCC(F)(F)OC(F)(F)C(F)(F)CF.FCC(F)(F)OC(F)(F)C(F)(F)OC(F)(F)CF.FCC(F)(F)OC(F)(F)C(F)(F)OC(F)(F)CF.FCOC(F)(F)CF.FCOCF.FCOCF. The van der Waals surface area contributed by atoms with Gasteiger partial charge in [-0.3, -0.25) is 57.4 Å². The Kier molecular flexibility index (Phi) is 175. The average molecular weight is 1670 g/mol. The van der Waals surface area contributed by atoms with E-state index in [-0.39, 0.29) is 64.6 Å². The lowest BCUT2D eigenvalue weighted by atomic mass is 10.3. The summed E-state index contributed by atoms with van der Waals surface area (Å²) in [6, 6.07) is 0. The molecule has 0 unspecified atom stereocenters. The molecule has 56 heteroatoms. The van der Waals surface area contributed by atoms with E-state index < -0.39 is 154 Å². The van der Waals surface area contributed by atoms with Crippen molar-refractivity contribution >= 4 is 0 Å². The maximum atomic E-state index is 12.4. The van der Waals surface area contributed by atoms with Gasteiger partial charge in [0.1, 0.15) is 0 Å². The predicted molar refractivity (Wildman–Crippen MR) is 278 cm³/mol. The summed E-state index contributed by atoms with van der Waals surface area (Å²) < 4.78 is 557. The molecule has 0 aromatic heterocycles. The van der Waals surface area contributed by atoms with Crippen LogP contribution in [-0.4, -0.2) is 239 Å². The maximum absolute atomic E-state index is 12.4. The van der Waals surface area contributed by atoms with Crippen molar-refractivity contribution in [1.29, 1.82) is 0 Å². The van der Waals surface area contributed by atoms with E-state index in [0.717, 1.165) is 0 Å². The molecular formula is C45H90F48O8. The van der Waals surface area contributed by atoms with Crippen LogP contribution in [0.1, 0.15) is 65.3 Å². The fraction of sp³-hybridized carbons (Fsp3) is 1.00. The van der Waals surface area contributed by atoms with E-state index in [9.17, 15) is 211 Å². The monoisotopic (exact) mass is 1670 g/mol. The van der Waals surface area contributed by atoms with Crippen LogP contribution < -0.4 is 0 Å². The zero-order valence-corrected chi connectivity index (χ0v) is 50.0. The summed E-state index contributed by atoms with van der Waals surface area (Å²) >= 11 is 0. The summed E-state index contributed by atoms with van der Waals surface area (Å²) in [6.07, 6.45) is -61.5. The summed E-state index contributed by atoms with van der Waals surface area (Å²) in [6.45, 7) is -21.5. The molecule has 0 aliphatic rings. The van der Waals surface area contributed by atoms with Crippen LogP contribution >= 0.6 is 0 Å². The van der Waals surface area contributed by atoms with Crippen molar-refractivity contribution in [3.63, 3.8) is 0 Å². The van der Waals surface area contributed by atoms with Gasteiger partial charge in [0.25, 0.3) is 0 Å². The molecular weight excluding hydrogens is 1580 g/mol. The summed E-state index contributed by atoms with van der Waals surface area (Å²) in [4.78, 5) is 0. The van der Waals surface area contributed by atoms with E-state index in [4.69, 9.17) is 0 Å². The minimum atomic E-state index is -6.30. The van der Waals surface area contributed by atoms with E-state index in [1.807, 2.05) is 0 Å². The van der Waals surface area contributed by atoms with Crippen molar-refractivity contribution in [3.05, 3.63) is 0 Å². The first-order valence-electron chi connectivity index (χ1n) is 21.0. The van der Waals surface area contributed by atoms with Crippen LogP contribution in [0.25, 0.3) is 0 Å². The Labute approximate surface area is 553 Å². The lowest BCUT2D eigenvalue weighted by Crippen LogP contribution is -2.52. The van der Waals surface area contributed by atoms with Gasteiger partial charge in [-0.15, -0.1) is 0 Å². The zero-order valence-electron chi connectivity index (χ0n) is 50.0. The lowest BCUT2D eigenvalue weighted by molar-refractivity contribution is -0.513. The highest BCUT2D eigenvalue weighted by molar-refractivity contribution is 4.77. The molecule has 8 nitrogen and oxygen atoms in total. The van der Waals surface area contributed by atoms with Gasteiger partial charge >= 0.3 is 73.1 Å². The molecule has 0 aromatic rings. The second-order valence-corrected chi connectivity index (χ2v) is 10.5. The van der Waals surface area contributed by atoms with Gasteiger partial charge < -0.3 is 9.47 Å². The van der Waals surface area contributed by atoms with Crippen molar-refractivity contribution in [2.75, 3.05) is 166 Å². The number of hydrogen-bond acceptors (Lipinski definition) is 8. The first kappa shape index (κ1) is 168. The van der Waals surface area contributed by atoms with Crippen molar-refractivity contribution in [1.82, 2.24) is 0 Å². The number of ether oxygens (including phenoxy) is 8. The van der Waals surface area contributed by atoms with Gasteiger partial charge in [0.2, 0.25) is 0 Å². The van der Waals surface area contributed by atoms with E-state index in [0.29, 0.717) is 64.6 Å². The molecule has 0 amide bonds. The molecule has 0 heterocycles. The number of rotatable bonds is 26. The highest BCUT2D eigenvalue weighted by Crippen LogP contribution is 2.45. The Morgan fingerprint density at radius 3 is 0.376 bits per heavy atom. The van der Waals surface area contributed by atoms with Gasteiger partial charge in [0.05, 0.1) is 84.6 Å². The maximum Gasteiger partial charge on any atom is 0.453 e. The quantitative estimate of drug-likeness (QED) is 0.0793. The van der Waals surface area contributed by atoms with E-state index in [2.05, 4.69) is 37.9 Å². The molecule has 0 fully saturated rings.